The molecule has 0 unspecified atom stereocenters. The van der Waals surface area contributed by atoms with Crippen molar-refractivity contribution in [2.45, 2.75) is 45.2 Å². The normalized spacial score (nSPS) is 19.5. The Hall–Kier alpha value is -1.83. The number of amides is 3. The van der Waals surface area contributed by atoms with Gasteiger partial charge in [-0.2, -0.15) is 0 Å². The van der Waals surface area contributed by atoms with E-state index < -0.39 is 23.6 Å². The number of carboxylic acid groups (broad SMARTS) is 1. The molecule has 2 N–H and O–H groups in total. The average Bonchev–Trinajstić information content (AvgIpc) is 2.79. The van der Waals surface area contributed by atoms with Gasteiger partial charge in [-0.15, -0.1) is 0 Å². The molecule has 0 spiro atoms. The number of carbonyl (C=O) groups is 3. The van der Waals surface area contributed by atoms with Crippen LogP contribution in [0.3, 0.4) is 0 Å². The molecule has 8 nitrogen and oxygen atoms in total. The van der Waals surface area contributed by atoms with Crippen LogP contribution in [-0.2, 0) is 14.4 Å². The molecular formula is C14H25N3O5. The summed E-state index contributed by atoms with van der Waals surface area (Å²) in [6, 6.07) is -0.976. The second-order valence-corrected chi connectivity index (χ2v) is 6.37. The van der Waals surface area contributed by atoms with Crippen LogP contribution in [0.1, 0.15) is 33.6 Å². The Balaban J connectivity index is 3.11. The first-order valence-corrected chi connectivity index (χ1v) is 7.21. The van der Waals surface area contributed by atoms with Crippen LogP contribution in [0.15, 0.2) is 0 Å². The summed E-state index contributed by atoms with van der Waals surface area (Å²) in [7, 11) is 2.76. The molecule has 2 atom stereocenters. The molecule has 0 aliphatic carbocycles. The summed E-state index contributed by atoms with van der Waals surface area (Å²) in [6.45, 7) is 5.68. The highest BCUT2D eigenvalue weighted by Gasteiger charge is 2.42. The van der Waals surface area contributed by atoms with Gasteiger partial charge in [-0.3, -0.25) is 19.3 Å². The number of nitrogens with one attached hydrogen (secondary N) is 1. The molecule has 0 aromatic heterocycles. The van der Waals surface area contributed by atoms with Crippen LogP contribution < -0.4 is 5.32 Å². The topological polar surface area (TPSA) is 99.2 Å². The molecule has 1 saturated heterocycles. The number of hydroxylamine groups is 2. The van der Waals surface area contributed by atoms with Crippen molar-refractivity contribution in [2.75, 3.05) is 20.7 Å². The van der Waals surface area contributed by atoms with Crippen molar-refractivity contribution < 1.29 is 24.3 Å². The highest BCUT2D eigenvalue weighted by molar-refractivity contribution is 5.87. The molecule has 0 bridgehead atoms. The summed E-state index contributed by atoms with van der Waals surface area (Å²) >= 11 is 0. The minimum absolute atomic E-state index is 0.141. The van der Waals surface area contributed by atoms with Crippen molar-refractivity contribution in [3.8, 4) is 0 Å². The summed E-state index contributed by atoms with van der Waals surface area (Å²) in [4.78, 5) is 42.0. The van der Waals surface area contributed by atoms with Gasteiger partial charge >= 0.3 is 6.09 Å². The zero-order valence-corrected chi connectivity index (χ0v) is 13.8. The Morgan fingerprint density at radius 1 is 1.45 bits per heavy atom. The van der Waals surface area contributed by atoms with E-state index in [9.17, 15) is 19.5 Å². The molecule has 8 heteroatoms. The molecule has 1 fully saturated rings. The van der Waals surface area contributed by atoms with Crippen LogP contribution in [0.4, 0.5) is 4.79 Å². The quantitative estimate of drug-likeness (QED) is 0.727. The summed E-state index contributed by atoms with van der Waals surface area (Å²) in [5.41, 5.74) is -0.782. The number of hydrogen-bond acceptors (Lipinski definition) is 4. The largest absolute Gasteiger partial charge is 0.465 e. The van der Waals surface area contributed by atoms with Gasteiger partial charge in [-0.05, 0) is 33.6 Å². The first kappa shape index (κ1) is 18.2. The number of carbonyl (C=O) groups excluding carboxylic acids is 2. The number of hydrogen-bond donors (Lipinski definition) is 2. The second-order valence-electron chi connectivity index (χ2n) is 6.37. The van der Waals surface area contributed by atoms with Crippen molar-refractivity contribution in [3.05, 3.63) is 0 Å². The molecule has 1 aliphatic heterocycles. The van der Waals surface area contributed by atoms with E-state index in [0.717, 1.165) is 9.96 Å². The zero-order chi connectivity index (χ0) is 17.1. The van der Waals surface area contributed by atoms with E-state index >= 15 is 0 Å². The van der Waals surface area contributed by atoms with Gasteiger partial charge in [0.25, 0.3) is 5.91 Å². The average molecular weight is 315 g/mol. The Labute approximate surface area is 130 Å². The van der Waals surface area contributed by atoms with Crippen LogP contribution in [0, 0.1) is 5.92 Å². The third kappa shape index (κ3) is 4.09. The standard InChI is InChI=1S/C14H25N3O5/c1-14(2,3)17(13(20)21)10(12(19)16(4)22-5)8-9-6-7-15-11(9)18/h9-10H,6-8H2,1-5H3,(H,15,18)(H,20,21)/t9-,10-/m0/s1. The first-order valence-electron chi connectivity index (χ1n) is 7.21. The Kier molecular flexibility index (Phi) is 5.76. The Bertz CT molecular complexity index is 446. The van der Waals surface area contributed by atoms with Crippen molar-refractivity contribution in [1.82, 2.24) is 15.3 Å². The van der Waals surface area contributed by atoms with Gasteiger partial charge in [-0.25, -0.2) is 9.86 Å². The van der Waals surface area contributed by atoms with Crippen LogP contribution in [0.25, 0.3) is 0 Å². The van der Waals surface area contributed by atoms with E-state index in [2.05, 4.69) is 5.32 Å². The molecule has 126 valence electrons. The van der Waals surface area contributed by atoms with Crippen molar-refractivity contribution >= 4 is 17.9 Å². The van der Waals surface area contributed by atoms with Gasteiger partial charge in [0.15, 0.2) is 0 Å². The minimum Gasteiger partial charge on any atom is -0.465 e. The van der Waals surface area contributed by atoms with E-state index in [1.165, 1.54) is 14.2 Å². The number of rotatable bonds is 5. The molecule has 0 aromatic carbocycles. The summed E-state index contributed by atoms with van der Waals surface area (Å²) in [6.07, 6.45) is -0.465. The van der Waals surface area contributed by atoms with Crippen molar-refractivity contribution in [2.24, 2.45) is 5.92 Å². The van der Waals surface area contributed by atoms with Gasteiger partial charge in [0.2, 0.25) is 5.91 Å². The smallest absolute Gasteiger partial charge is 0.408 e. The summed E-state index contributed by atoms with van der Waals surface area (Å²) in [5.74, 6) is -1.000. The Morgan fingerprint density at radius 3 is 2.41 bits per heavy atom. The maximum atomic E-state index is 12.5. The molecule has 3 amide bonds. The van der Waals surface area contributed by atoms with Gasteiger partial charge < -0.3 is 10.4 Å². The third-order valence-corrected chi connectivity index (χ3v) is 3.78. The first-order chi connectivity index (χ1) is 10.1. The minimum atomic E-state index is -1.20. The molecule has 1 heterocycles. The third-order valence-electron chi connectivity index (χ3n) is 3.78. The number of nitrogens with zero attached hydrogens (tertiary/aromatic N) is 2. The van der Waals surface area contributed by atoms with Gasteiger partial charge in [-0.1, -0.05) is 0 Å². The van der Waals surface area contributed by atoms with E-state index in [4.69, 9.17) is 4.84 Å². The molecular weight excluding hydrogens is 290 g/mol. The molecule has 0 aromatic rings. The maximum absolute atomic E-state index is 12.5. The molecule has 0 radical (unpaired) electrons. The lowest BCUT2D eigenvalue weighted by Gasteiger charge is -2.40. The van der Waals surface area contributed by atoms with Crippen LogP contribution in [-0.4, -0.2) is 65.3 Å². The predicted octanol–water partition coefficient (Wildman–Crippen LogP) is 0.680. The Morgan fingerprint density at radius 2 is 2.05 bits per heavy atom. The lowest BCUT2D eigenvalue weighted by molar-refractivity contribution is -0.176. The SMILES string of the molecule is CON(C)C(=O)[C@H](C[C@@H]1CCNC1=O)N(C(=O)O)C(C)(C)C. The lowest BCUT2D eigenvalue weighted by atomic mass is 9.93. The molecule has 1 rings (SSSR count). The van der Waals surface area contributed by atoms with E-state index in [1.807, 2.05) is 0 Å². The summed E-state index contributed by atoms with van der Waals surface area (Å²) in [5, 5.41) is 13.2. The monoisotopic (exact) mass is 315 g/mol. The number of likely N-dealkylation sites (N-methyl/N-ethyl adjacent to an activating group) is 1. The van der Waals surface area contributed by atoms with Crippen LogP contribution >= 0.6 is 0 Å². The van der Waals surface area contributed by atoms with Gasteiger partial charge in [0, 0.05) is 25.0 Å². The van der Waals surface area contributed by atoms with Crippen molar-refractivity contribution in [1.29, 1.82) is 0 Å². The second kappa shape index (κ2) is 6.95. The van der Waals surface area contributed by atoms with Crippen molar-refractivity contribution in [3.63, 3.8) is 0 Å². The fourth-order valence-electron chi connectivity index (χ4n) is 2.64. The fourth-order valence-corrected chi connectivity index (χ4v) is 2.64. The van der Waals surface area contributed by atoms with Crippen LogP contribution in [0.5, 0.6) is 0 Å². The molecule has 0 saturated carbocycles. The van der Waals surface area contributed by atoms with Gasteiger partial charge in [0.05, 0.1) is 7.11 Å². The van der Waals surface area contributed by atoms with E-state index in [-0.39, 0.29) is 18.2 Å². The fraction of sp³-hybridized carbons (Fsp3) is 0.786. The molecule has 22 heavy (non-hydrogen) atoms. The summed E-state index contributed by atoms with van der Waals surface area (Å²) < 4.78 is 0. The maximum Gasteiger partial charge on any atom is 0.408 e. The zero-order valence-electron chi connectivity index (χ0n) is 13.8. The predicted molar refractivity (Wildman–Crippen MR) is 78.9 cm³/mol. The van der Waals surface area contributed by atoms with E-state index in [0.29, 0.717) is 13.0 Å². The highest BCUT2D eigenvalue weighted by atomic mass is 16.7. The highest BCUT2D eigenvalue weighted by Crippen LogP contribution is 2.26. The van der Waals surface area contributed by atoms with E-state index in [1.54, 1.807) is 20.8 Å². The van der Waals surface area contributed by atoms with Gasteiger partial charge in [0.1, 0.15) is 6.04 Å². The van der Waals surface area contributed by atoms with Crippen LogP contribution in [0.2, 0.25) is 0 Å². The molecule has 1 aliphatic rings. The lowest BCUT2D eigenvalue weighted by Crippen LogP contribution is -2.57.